The standard InChI is InChI=1S/C19H32N4O/c1-4-23(5-2)19(20)21-14-16-10-12-22(13-11-16)15-17-6-8-18(24-3)9-7-17/h6-9,16H,4-5,10-15H2,1-3H3,(H2,20,21). The molecule has 0 saturated carbocycles. The van der Waals surface area contributed by atoms with Gasteiger partial charge in [-0.3, -0.25) is 9.89 Å². The van der Waals surface area contributed by atoms with Gasteiger partial charge >= 0.3 is 0 Å². The van der Waals surface area contributed by atoms with Crippen LogP contribution in [0.2, 0.25) is 0 Å². The molecule has 1 aliphatic heterocycles. The maximum Gasteiger partial charge on any atom is 0.191 e. The molecule has 0 bridgehead atoms. The van der Waals surface area contributed by atoms with Gasteiger partial charge in [-0.05, 0) is 63.4 Å². The van der Waals surface area contributed by atoms with E-state index in [1.807, 2.05) is 12.1 Å². The molecule has 134 valence electrons. The van der Waals surface area contributed by atoms with Crippen LogP contribution in [0.3, 0.4) is 0 Å². The molecule has 1 aromatic rings. The first-order chi connectivity index (χ1) is 11.7. The molecule has 1 aliphatic rings. The second-order valence-corrected chi connectivity index (χ2v) is 6.44. The average Bonchev–Trinajstić information content (AvgIpc) is 2.63. The second kappa shape index (κ2) is 9.52. The minimum Gasteiger partial charge on any atom is -0.497 e. The maximum absolute atomic E-state index is 6.06. The number of rotatable bonds is 7. The lowest BCUT2D eigenvalue weighted by molar-refractivity contribution is 0.180. The largest absolute Gasteiger partial charge is 0.497 e. The number of likely N-dealkylation sites (tertiary alicyclic amines) is 1. The number of guanidine groups is 1. The zero-order valence-corrected chi connectivity index (χ0v) is 15.4. The van der Waals surface area contributed by atoms with E-state index in [1.54, 1.807) is 7.11 Å². The quantitative estimate of drug-likeness (QED) is 0.616. The van der Waals surface area contributed by atoms with Crippen molar-refractivity contribution in [2.24, 2.45) is 16.6 Å². The van der Waals surface area contributed by atoms with Gasteiger partial charge in [0.15, 0.2) is 5.96 Å². The highest BCUT2D eigenvalue weighted by Gasteiger charge is 2.19. The highest BCUT2D eigenvalue weighted by atomic mass is 16.5. The lowest BCUT2D eigenvalue weighted by atomic mass is 9.96. The average molecular weight is 332 g/mol. The summed E-state index contributed by atoms with van der Waals surface area (Å²) in [6.45, 7) is 10.2. The number of nitrogens with zero attached hydrogens (tertiary/aromatic N) is 3. The Labute approximate surface area is 146 Å². The number of hydrogen-bond acceptors (Lipinski definition) is 3. The minimum atomic E-state index is 0.659. The zero-order valence-electron chi connectivity index (χ0n) is 15.4. The van der Waals surface area contributed by atoms with E-state index >= 15 is 0 Å². The van der Waals surface area contributed by atoms with Crippen LogP contribution in [-0.4, -0.2) is 55.6 Å². The van der Waals surface area contributed by atoms with Crippen molar-refractivity contribution >= 4 is 5.96 Å². The van der Waals surface area contributed by atoms with Gasteiger partial charge < -0.3 is 15.4 Å². The third-order valence-corrected chi connectivity index (χ3v) is 4.87. The second-order valence-electron chi connectivity index (χ2n) is 6.44. The molecule has 0 radical (unpaired) electrons. The summed E-state index contributed by atoms with van der Waals surface area (Å²) < 4.78 is 5.21. The molecule has 0 spiro atoms. The normalized spacial score (nSPS) is 17.0. The summed E-state index contributed by atoms with van der Waals surface area (Å²) in [5, 5.41) is 0. The van der Waals surface area contributed by atoms with Crippen molar-refractivity contribution in [1.29, 1.82) is 0 Å². The first-order valence-corrected chi connectivity index (χ1v) is 9.06. The lowest BCUT2D eigenvalue weighted by Gasteiger charge is -2.31. The lowest BCUT2D eigenvalue weighted by Crippen LogP contribution is -2.38. The Bertz CT molecular complexity index is 503. The van der Waals surface area contributed by atoms with Crippen LogP contribution in [0.1, 0.15) is 32.3 Å². The summed E-state index contributed by atoms with van der Waals surface area (Å²) in [6.07, 6.45) is 2.40. The first-order valence-electron chi connectivity index (χ1n) is 9.06. The fourth-order valence-electron chi connectivity index (χ4n) is 3.19. The Hall–Kier alpha value is -1.75. The molecule has 2 N–H and O–H groups in total. The van der Waals surface area contributed by atoms with Crippen molar-refractivity contribution in [3.8, 4) is 5.75 Å². The molecule has 0 amide bonds. The van der Waals surface area contributed by atoms with E-state index in [0.29, 0.717) is 11.9 Å². The van der Waals surface area contributed by atoms with Gasteiger partial charge in [0, 0.05) is 26.2 Å². The number of methoxy groups -OCH3 is 1. The molecule has 1 fully saturated rings. The van der Waals surface area contributed by atoms with Gasteiger partial charge in [-0.15, -0.1) is 0 Å². The fourth-order valence-corrected chi connectivity index (χ4v) is 3.19. The summed E-state index contributed by atoms with van der Waals surface area (Å²) in [5.74, 6) is 2.27. The van der Waals surface area contributed by atoms with E-state index < -0.39 is 0 Å². The van der Waals surface area contributed by atoms with Crippen LogP contribution in [0.25, 0.3) is 0 Å². The van der Waals surface area contributed by atoms with Crippen molar-refractivity contribution in [2.75, 3.05) is 39.8 Å². The molecule has 0 aromatic heterocycles. The molecule has 5 heteroatoms. The highest BCUT2D eigenvalue weighted by Crippen LogP contribution is 2.20. The Morgan fingerprint density at radius 3 is 2.38 bits per heavy atom. The topological polar surface area (TPSA) is 54.1 Å². The molecule has 0 atom stereocenters. The molecule has 24 heavy (non-hydrogen) atoms. The summed E-state index contributed by atoms with van der Waals surface area (Å²) in [6, 6.07) is 8.37. The van der Waals surface area contributed by atoms with E-state index in [0.717, 1.165) is 45.0 Å². The molecule has 2 rings (SSSR count). The van der Waals surface area contributed by atoms with Crippen LogP contribution in [0.15, 0.2) is 29.3 Å². The molecule has 1 aromatic carbocycles. The predicted octanol–water partition coefficient (Wildman–Crippen LogP) is 2.56. The van der Waals surface area contributed by atoms with Crippen molar-refractivity contribution < 1.29 is 4.74 Å². The third kappa shape index (κ3) is 5.41. The van der Waals surface area contributed by atoms with E-state index in [1.165, 1.54) is 18.4 Å². The van der Waals surface area contributed by atoms with Gasteiger partial charge in [0.05, 0.1) is 7.11 Å². The number of aliphatic imine (C=N–C) groups is 1. The monoisotopic (exact) mass is 332 g/mol. The van der Waals surface area contributed by atoms with Crippen LogP contribution in [0.5, 0.6) is 5.75 Å². The van der Waals surface area contributed by atoms with Crippen molar-refractivity contribution in [3.63, 3.8) is 0 Å². The van der Waals surface area contributed by atoms with Gasteiger partial charge in [-0.1, -0.05) is 12.1 Å². The summed E-state index contributed by atoms with van der Waals surface area (Å²) in [7, 11) is 1.70. The van der Waals surface area contributed by atoms with Crippen LogP contribution in [0.4, 0.5) is 0 Å². The van der Waals surface area contributed by atoms with Gasteiger partial charge in [0.1, 0.15) is 5.75 Å². The number of piperidine rings is 1. The van der Waals surface area contributed by atoms with Gasteiger partial charge in [-0.25, -0.2) is 0 Å². The highest BCUT2D eigenvalue weighted by molar-refractivity contribution is 5.77. The predicted molar refractivity (Wildman–Crippen MR) is 100 cm³/mol. The number of nitrogens with two attached hydrogens (primary N) is 1. The van der Waals surface area contributed by atoms with E-state index in [9.17, 15) is 0 Å². The Morgan fingerprint density at radius 2 is 1.83 bits per heavy atom. The Balaban J connectivity index is 1.75. The summed E-state index contributed by atoms with van der Waals surface area (Å²) in [5.41, 5.74) is 7.41. The molecule has 5 nitrogen and oxygen atoms in total. The molecular weight excluding hydrogens is 300 g/mol. The van der Waals surface area contributed by atoms with Crippen LogP contribution >= 0.6 is 0 Å². The maximum atomic E-state index is 6.06. The van der Waals surface area contributed by atoms with Crippen LogP contribution in [-0.2, 0) is 6.54 Å². The first kappa shape index (κ1) is 18.6. The van der Waals surface area contributed by atoms with Gasteiger partial charge in [0.2, 0.25) is 0 Å². The minimum absolute atomic E-state index is 0.659. The molecule has 0 aliphatic carbocycles. The van der Waals surface area contributed by atoms with E-state index in [4.69, 9.17) is 10.5 Å². The summed E-state index contributed by atoms with van der Waals surface area (Å²) >= 11 is 0. The number of ether oxygens (including phenoxy) is 1. The van der Waals surface area contributed by atoms with Crippen molar-refractivity contribution in [3.05, 3.63) is 29.8 Å². The summed E-state index contributed by atoms with van der Waals surface area (Å²) in [4.78, 5) is 9.24. The van der Waals surface area contributed by atoms with Gasteiger partial charge in [0.25, 0.3) is 0 Å². The number of benzene rings is 1. The van der Waals surface area contributed by atoms with E-state index in [2.05, 4.69) is 40.8 Å². The Kier molecular flexibility index (Phi) is 7.37. The smallest absolute Gasteiger partial charge is 0.191 e. The molecule has 1 heterocycles. The zero-order chi connectivity index (χ0) is 17.4. The number of hydrogen-bond donors (Lipinski definition) is 1. The van der Waals surface area contributed by atoms with Gasteiger partial charge in [-0.2, -0.15) is 0 Å². The fraction of sp³-hybridized carbons (Fsp3) is 0.632. The van der Waals surface area contributed by atoms with Crippen molar-refractivity contribution in [2.45, 2.75) is 33.2 Å². The molecule has 1 saturated heterocycles. The molecular formula is C19H32N4O. The van der Waals surface area contributed by atoms with Crippen LogP contribution in [0, 0.1) is 5.92 Å². The Morgan fingerprint density at radius 1 is 1.21 bits per heavy atom. The van der Waals surface area contributed by atoms with E-state index in [-0.39, 0.29) is 0 Å². The van der Waals surface area contributed by atoms with Crippen molar-refractivity contribution in [1.82, 2.24) is 9.80 Å². The molecule has 0 unspecified atom stereocenters. The van der Waals surface area contributed by atoms with Crippen LogP contribution < -0.4 is 10.5 Å². The SMILES string of the molecule is CCN(CC)C(N)=NCC1CCN(Cc2ccc(OC)cc2)CC1. The third-order valence-electron chi connectivity index (χ3n) is 4.87.